The topological polar surface area (TPSA) is 39.1 Å². The molecule has 0 aliphatic carbocycles. The highest BCUT2D eigenvalue weighted by Crippen LogP contribution is 2.28. The van der Waals surface area contributed by atoms with Gasteiger partial charge in [0.25, 0.3) is 0 Å². The molecule has 0 bridgehead atoms. The number of methoxy groups -OCH3 is 1. The summed E-state index contributed by atoms with van der Waals surface area (Å²) in [6, 6.07) is 7.89. The minimum atomic E-state index is 0.583. The van der Waals surface area contributed by atoms with Crippen LogP contribution in [0.5, 0.6) is 5.75 Å². The highest BCUT2D eigenvalue weighted by atomic mass is 35.5. The maximum absolute atomic E-state index is 6.18. The Kier molecular flexibility index (Phi) is 2.97. The fourth-order valence-corrected chi connectivity index (χ4v) is 2.50. The predicted octanol–water partition coefficient (Wildman–Crippen LogP) is 2.32. The lowest BCUT2D eigenvalue weighted by molar-refractivity contribution is 0.415. The molecule has 18 heavy (non-hydrogen) atoms. The average Bonchev–Trinajstić information content (AvgIpc) is 2.77. The van der Waals surface area contributed by atoms with Gasteiger partial charge in [0.1, 0.15) is 11.6 Å². The SMILES string of the molecule is COc1cccc(-c2nc(Cl)c3n2CCNC3)c1. The van der Waals surface area contributed by atoms with Crippen molar-refractivity contribution in [1.29, 1.82) is 0 Å². The Morgan fingerprint density at radius 1 is 1.44 bits per heavy atom. The third-order valence-electron chi connectivity index (χ3n) is 3.16. The number of aromatic nitrogens is 2. The lowest BCUT2D eigenvalue weighted by Crippen LogP contribution is -2.28. The summed E-state index contributed by atoms with van der Waals surface area (Å²) in [5, 5.41) is 3.88. The second-order valence-corrected chi connectivity index (χ2v) is 4.59. The predicted molar refractivity (Wildman–Crippen MR) is 70.9 cm³/mol. The van der Waals surface area contributed by atoms with E-state index in [-0.39, 0.29) is 0 Å². The number of fused-ring (bicyclic) bond motifs is 1. The second-order valence-electron chi connectivity index (χ2n) is 4.23. The summed E-state index contributed by atoms with van der Waals surface area (Å²) in [6.07, 6.45) is 0. The Labute approximate surface area is 111 Å². The third kappa shape index (κ3) is 1.87. The monoisotopic (exact) mass is 263 g/mol. The molecule has 0 saturated carbocycles. The summed E-state index contributed by atoms with van der Waals surface area (Å²) in [5.74, 6) is 1.74. The van der Waals surface area contributed by atoms with Crippen LogP contribution in [0.2, 0.25) is 5.15 Å². The van der Waals surface area contributed by atoms with Crippen molar-refractivity contribution < 1.29 is 4.74 Å². The van der Waals surface area contributed by atoms with Crippen LogP contribution in [0.4, 0.5) is 0 Å². The average molecular weight is 264 g/mol. The molecular formula is C13H14ClN3O. The van der Waals surface area contributed by atoms with Crippen molar-refractivity contribution in [2.24, 2.45) is 0 Å². The van der Waals surface area contributed by atoms with Gasteiger partial charge in [-0.1, -0.05) is 23.7 Å². The molecule has 1 N–H and O–H groups in total. The molecule has 0 spiro atoms. The summed E-state index contributed by atoms with van der Waals surface area (Å²) in [4.78, 5) is 4.47. The van der Waals surface area contributed by atoms with Gasteiger partial charge in [-0.25, -0.2) is 4.98 Å². The number of nitrogens with one attached hydrogen (secondary N) is 1. The number of benzene rings is 1. The summed E-state index contributed by atoms with van der Waals surface area (Å²) >= 11 is 6.18. The van der Waals surface area contributed by atoms with Crippen LogP contribution in [0, 0.1) is 0 Å². The molecular weight excluding hydrogens is 250 g/mol. The second kappa shape index (κ2) is 4.63. The van der Waals surface area contributed by atoms with Crippen LogP contribution < -0.4 is 10.1 Å². The molecule has 2 aromatic rings. The van der Waals surface area contributed by atoms with Gasteiger partial charge in [0.2, 0.25) is 0 Å². The fraction of sp³-hybridized carbons (Fsp3) is 0.308. The van der Waals surface area contributed by atoms with E-state index in [1.807, 2.05) is 24.3 Å². The summed E-state index contributed by atoms with van der Waals surface area (Å²) < 4.78 is 7.42. The zero-order valence-electron chi connectivity index (χ0n) is 10.1. The largest absolute Gasteiger partial charge is 0.497 e. The van der Waals surface area contributed by atoms with Crippen LogP contribution in [0.25, 0.3) is 11.4 Å². The fourth-order valence-electron chi connectivity index (χ4n) is 2.25. The molecule has 1 aliphatic rings. The summed E-state index contributed by atoms with van der Waals surface area (Å²) in [6.45, 7) is 2.61. The van der Waals surface area contributed by atoms with Gasteiger partial charge in [-0.3, -0.25) is 0 Å². The molecule has 94 valence electrons. The van der Waals surface area contributed by atoms with Crippen molar-refractivity contribution in [3.05, 3.63) is 35.1 Å². The van der Waals surface area contributed by atoms with E-state index in [1.165, 1.54) is 0 Å². The first-order chi connectivity index (χ1) is 8.79. The van der Waals surface area contributed by atoms with Gasteiger partial charge in [0, 0.05) is 25.2 Å². The van der Waals surface area contributed by atoms with Gasteiger partial charge in [-0.2, -0.15) is 0 Å². The number of nitrogens with zero attached hydrogens (tertiary/aromatic N) is 2. The summed E-state index contributed by atoms with van der Waals surface area (Å²) in [7, 11) is 1.66. The van der Waals surface area contributed by atoms with E-state index in [4.69, 9.17) is 16.3 Å². The lowest BCUT2D eigenvalue weighted by atomic mass is 10.2. The van der Waals surface area contributed by atoms with E-state index < -0.39 is 0 Å². The van der Waals surface area contributed by atoms with E-state index >= 15 is 0 Å². The van der Waals surface area contributed by atoms with Crippen molar-refractivity contribution in [3.8, 4) is 17.1 Å². The quantitative estimate of drug-likeness (QED) is 0.904. The van der Waals surface area contributed by atoms with E-state index in [9.17, 15) is 0 Å². The van der Waals surface area contributed by atoms with E-state index in [2.05, 4.69) is 14.9 Å². The van der Waals surface area contributed by atoms with E-state index in [0.29, 0.717) is 5.15 Å². The summed E-state index contributed by atoms with van der Waals surface area (Å²) in [5.41, 5.74) is 2.09. The molecule has 1 aromatic heterocycles. The van der Waals surface area contributed by atoms with Gasteiger partial charge in [-0.15, -0.1) is 0 Å². The Hall–Kier alpha value is -1.52. The first-order valence-electron chi connectivity index (χ1n) is 5.89. The molecule has 1 aromatic carbocycles. The van der Waals surface area contributed by atoms with Gasteiger partial charge < -0.3 is 14.6 Å². The van der Waals surface area contributed by atoms with Crippen LogP contribution in [0.15, 0.2) is 24.3 Å². The molecule has 0 fully saturated rings. The smallest absolute Gasteiger partial charge is 0.152 e. The number of hydrogen-bond donors (Lipinski definition) is 1. The van der Waals surface area contributed by atoms with Gasteiger partial charge in [0.15, 0.2) is 5.15 Å². The molecule has 0 atom stereocenters. The van der Waals surface area contributed by atoms with Crippen LogP contribution in [0.1, 0.15) is 5.69 Å². The highest BCUT2D eigenvalue weighted by molar-refractivity contribution is 6.30. The molecule has 0 amide bonds. The normalized spacial score (nSPS) is 14.3. The number of hydrogen-bond acceptors (Lipinski definition) is 3. The first kappa shape index (κ1) is 11.6. The lowest BCUT2D eigenvalue weighted by Gasteiger charge is -2.18. The van der Waals surface area contributed by atoms with E-state index in [1.54, 1.807) is 7.11 Å². The molecule has 0 saturated heterocycles. The van der Waals surface area contributed by atoms with Gasteiger partial charge >= 0.3 is 0 Å². The molecule has 3 rings (SSSR count). The van der Waals surface area contributed by atoms with Crippen molar-refractivity contribution in [2.45, 2.75) is 13.1 Å². The Bertz CT molecular complexity index is 580. The molecule has 1 aliphatic heterocycles. The van der Waals surface area contributed by atoms with Crippen LogP contribution in [0.3, 0.4) is 0 Å². The standard InChI is InChI=1S/C13H14ClN3O/c1-18-10-4-2-3-9(7-10)13-16-12(14)11-8-15-5-6-17(11)13/h2-4,7,15H,5-6,8H2,1H3. The Morgan fingerprint density at radius 3 is 3.17 bits per heavy atom. The minimum absolute atomic E-state index is 0.583. The Morgan fingerprint density at radius 2 is 2.33 bits per heavy atom. The maximum Gasteiger partial charge on any atom is 0.152 e. The number of rotatable bonds is 2. The molecule has 2 heterocycles. The van der Waals surface area contributed by atoms with Gasteiger partial charge in [0.05, 0.1) is 12.8 Å². The van der Waals surface area contributed by atoms with Crippen molar-refractivity contribution in [3.63, 3.8) is 0 Å². The van der Waals surface area contributed by atoms with Crippen molar-refractivity contribution in [1.82, 2.24) is 14.9 Å². The molecule has 0 radical (unpaired) electrons. The maximum atomic E-state index is 6.18. The van der Waals surface area contributed by atoms with E-state index in [0.717, 1.165) is 42.5 Å². The van der Waals surface area contributed by atoms with Crippen LogP contribution in [-0.2, 0) is 13.1 Å². The zero-order valence-corrected chi connectivity index (χ0v) is 10.9. The van der Waals surface area contributed by atoms with Crippen LogP contribution in [-0.4, -0.2) is 23.2 Å². The van der Waals surface area contributed by atoms with Crippen LogP contribution >= 0.6 is 11.6 Å². The zero-order chi connectivity index (χ0) is 12.5. The number of imidazole rings is 1. The molecule has 0 unspecified atom stereocenters. The van der Waals surface area contributed by atoms with Crippen molar-refractivity contribution >= 4 is 11.6 Å². The molecule has 5 heteroatoms. The van der Waals surface area contributed by atoms with Gasteiger partial charge in [-0.05, 0) is 12.1 Å². The number of halogens is 1. The minimum Gasteiger partial charge on any atom is -0.497 e. The molecule has 4 nitrogen and oxygen atoms in total. The first-order valence-corrected chi connectivity index (χ1v) is 6.27. The highest BCUT2D eigenvalue weighted by Gasteiger charge is 2.19. The van der Waals surface area contributed by atoms with Crippen molar-refractivity contribution in [2.75, 3.05) is 13.7 Å². The third-order valence-corrected chi connectivity index (χ3v) is 3.46. The Balaban J connectivity index is 2.11. The number of ether oxygens (including phenoxy) is 1.